The number of likely N-dealkylation sites (tertiary alicyclic amines) is 1. The van der Waals surface area contributed by atoms with Crippen LogP contribution in [0.2, 0.25) is 0 Å². The highest BCUT2D eigenvalue weighted by molar-refractivity contribution is 5.69. The van der Waals surface area contributed by atoms with Crippen LogP contribution in [0.25, 0.3) is 0 Å². The van der Waals surface area contributed by atoms with Gasteiger partial charge in [0.25, 0.3) is 0 Å². The number of allylic oxidation sites excluding steroid dienone is 2. The highest BCUT2D eigenvalue weighted by Gasteiger charge is 2.55. The van der Waals surface area contributed by atoms with Crippen molar-refractivity contribution in [2.24, 2.45) is 11.3 Å². The van der Waals surface area contributed by atoms with Crippen molar-refractivity contribution < 1.29 is 33.6 Å². The van der Waals surface area contributed by atoms with E-state index in [-0.39, 0.29) is 23.5 Å². The predicted molar refractivity (Wildman–Crippen MR) is 144 cm³/mol. The lowest BCUT2D eigenvalue weighted by molar-refractivity contribution is -0.180. The molecule has 1 aromatic rings. The Morgan fingerprint density at radius 1 is 1.21 bits per heavy atom. The molecule has 3 aliphatic heterocycles. The van der Waals surface area contributed by atoms with Crippen molar-refractivity contribution in [3.63, 3.8) is 0 Å². The van der Waals surface area contributed by atoms with Crippen molar-refractivity contribution in [3.8, 4) is 11.5 Å². The van der Waals surface area contributed by atoms with E-state index in [0.29, 0.717) is 31.2 Å². The highest BCUT2D eigenvalue weighted by atomic mass is 16.6. The zero-order valence-electron chi connectivity index (χ0n) is 23.7. The van der Waals surface area contributed by atoms with E-state index in [0.717, 1.165) is 37.7 Å². The van der Waals surface area contributed by atoms with Crippen LogP contribution in [0, 0.1) is 11.3 Å². The van der Waals surface area contributed by atoms with Crippen molar-refractivity contribution >= 4 is 12.1 Å². The minimum atomic E-state index is -1.03. The lowest BCUT2D eigenvalue weighted by atomic mass is 9.63. The number of hydrogen-bond acceptors (Lipinski definition) is 6. The van der Waals surface area contributed by atoms with Crippen LogP contribution >= 0.6 is 0 Å². The van der Waals surface area contributed by atoms with E-state index in [2.05, 4.69) is 26.8 Å². The number of rotatable bonds is 6. The zero-order valence-corrected chi connectivity index (χ0v) is 23.7. The van der Waals surface area contributed by atoms with E-state index >= 15 is 0 Å². The monoisotopic (exact) mass is 529 g/mol. The van der Waals surface area contributed by atoms with Crippen LogP contribution in [0.5, 0.6) is 11.5 Å². The van der Waals surface area contributed by atoms with Gasteiger partial charge in [0.1, 0.15) is 11.2 Å². The summed E-state index contributed by atoms with van der Waals surface area (Å²) in [6, 6.07) is 5.63. The van der Waals surface area contributed by atoms with Gasteiger partial charge in [-0.15, -0.1) is 0 Å². The first-order valence-corrected chi connectivity index (χ1v) is 13.7. The number of carbonyl (C=O) groups is 2. The molecule has 1 N–H and O–H groups in total. The van der Waals surface area contributed by atoms with Crippen LogP contribution in [0.4, 0.5) is 4.79 Å². The van der Waals surface area contributed by atoms with Gasteiger partial charge in [0, 0.05) is 24.6 Å². The van der Waals surface area contributed by atoms with Gasteiger partial charge in [-0.25, -0.2) is 9.59 Å². The van der Waals surface area contributed by atoms with Gasteiger partial charge in [-0.2, -0.15) is 0 Å². The Labute approximate surface area is 226 Å². The van der Waals surface area contributed by atoms with Gasteiger partial charge in [-0.3, -0.25) is 0 Å². The SMILES string of the molecule is CC(C)=CCC[C@]1(C)Oc2c(OCC(=O)O)cccc2[C@H]2OCC3(CCN(C(=O)OC(C)(C)C)CC3)C[C@@H]21. The lowest BCUT2D eigenvalue weighted by Gasteiger charge is -2.55. The fraction of sp³-hybridized carbons (Fsp3) is 0.667. The average molecular weight is 530 g/mol. The van der Waals surface area contributed by atoms with Crippen molar-refractivity contribution in [2.45, 2.75) is 91.0 Å². The minimum Gasteiger partial charge on any atom is -0.483 e. The molecule has 1 aromatic carbocycles. The number of benzene rings is 1. The van der Waals surface area contributed by atoms with Gasteiger partial charge in [-0.05, 0) is 85.1 Å². The number of para-hydroxylation sites is 1. The molecule has 1 amide bonds. The van der Waals surface area contributed by atoms with E-state index in [9.17, 15) is 9.59 Å². The van der Waals surface area contributed by atoms with Crippen LogP contribution in [0.15, 0.2) is 29.8 Å². The number of ether oxygens (including phenoxy) is 4. The summed E-state index contributed by atoms with van der Waals surface area (Å²) in [4.78, 5) is 25.6. The molecule has 0 unspecified atom stereocenters. The van der Waals surface area contributed by atoms with Gasteiger partial charge in [0.15, 0.2) is 18.1 Å². The van der Waals surface area contributed by atoms with Gasteiger partial charge in [0.2, 0.25) is 0 Å². The average Bonchev–Trinajstić information content (AvgIpc) is 2.82. The summed E-state index contributed by atoms with van der Waals surface area (Å²) >= 11 is 0. The third-order valence-electron chi connectivity index (χ3n) is 8.04. The van der Waals surface area contributed by atoms with E-state index in [1.54, 1.807) is 6.07 Å². The number of carbonyl (C=O) groups excluding carboxylic acids is 1. The Morgan fingerprint density at radius 2 is 1.92 bits per heavy atom. The third kappa shape index (κ3) is 6.28. The molecule has 0 aliphatic carbocycles. The molecule has 1 spiro atoms. The Bertz CT molecular complexity index is 1060. The van der Waals surface area contributed by atoms with Crippen LogP contribution in [0.1, 0.15) is 85.3 Å². The van der Waals surface area contributed by atoms with Gasteiger partial charge in [-0.1, -0.05) is 23.8 Å². The largest absolute Gasteiger partial charge is 0.483 e. The van der Waals surface area contributed by atoms with E-state index < -0.39 is 23.8 Å². The topological polar surface area (TPSA) is 94.5 Å². The molecule has 0 radical (unpaired) electrons. The van der Waals surface area contributed by atoms with Crippen LogP contribution in [0.3, 0.4) is 0 Å². The fourth-order valence-electron chi connectivity index (χ4n) is 6.01. The third-order valence-corrected chi connectivity index (χ3v) is 8.04. The number of piperidine rings is 1. The summed E-state index contributed by atoms with van der Waals surface area (Å²) in [5.41, 5.74) is 1.11. The highest BCUT2D eigenvalue weighted by Crippen LogP contribution is 2.58. The molecule has 3 atom stereocenters. The smallest absolute Gasteiger partial charge is 0.410 e. The molecule has 0 saturated carbocycles. The maximum Gasteiger partial charge on any atom is 0.410 e. The Hall–Kier alpha value is -2.74. The number of carboxylic acid groups (broad SMARTS) is 1. The molecular formula is C30H43NO7. The maximum atomic E-state index is 12.7. The molecule has 8 nitrogen and oxygen atoms in total. The number of hydrogen-bond donors (Lipinski definition) is 1. The van der Waals surface area contributed by atoms with E-state index in [1.165, 1.54) is 5.57 Å². The normalized spacial score (nSPS) is 26.0. The summed E-state index contributed by atoms with van der Waals surface area (Å²) in [6.45, 7) is 13.5. The summed E-state index contributed by atoms with van der Waals surface area (Å²) < 4.78 is 24.7. The number of fused-ring (bicyclic) bond motifs is 3. The minimum absolute atomic E-state index is 0.0320. The van der Waals surface area contributed by atoms with Crippen molar-refractivity contribution in [2.75, 3.05) is 26.3 Å². The van der Waals surface area contributed by atoms with Crippen LogP contribution in [-0.2, 0) is 14.3 Å². The molecule has 2 fully saturated rings. The summed E-state index contributed by atoms with van der Waals surface area (Å²) in [7, 11) is 0. The van der Waals surface area contributed by atoms with E-state index in [4.69, 9.17) is 24.1 Å². The number of aliphatic carboxylic acids is 1. The molecule has 2 saturated heterocycles. The first-order chi connectivity index (χ1) is 17.8. The zero-order chi connectivity index (χ0) is 27.7. The van der Waals surface area contributed by atoms with E-state index in [1.807, 2.05) is 37.8 Å². The molecule has 38 heavy (non-hydrogen) atoms. The second-order valence-corrected chi connectivity index (χ2v) is 12.6. The lowest BCUT2D eigenvalue weighted by Crippen LogP contribution is -2.56. The van der Waals surface area contributed by atoms with Gasteiger partial charge in [0.05, 0.1) is 12.7 Å². The quantitative estimate of drug-likeness (QED) is 0.442. The summed E-state index contributed by atoms with van der Waals surface area (Å²) in [5, 5.41) is 9.16. The van der Waals surface area contributed by atoms with Crippen LogP contribution in [-0.4, -0.2) is 59.6 Å². The Balaban J connectivity index is 1.58. The van der Waals surface area contributed by atoms with Crippen LogP contribution < -0.4 is 9.47 Å². The van der Waals surface area contributed by atoms with Gasteiger partial charge >= 0.3 is 12.1 Å². The molecule has 210 valence electrons. The molecule has 4 rings (SSSR count). The second kappa shape index (κ2) is 10.8. The summed E-state index contributed by atoms with van der Waals surface area (Å²) in [6.07, 6.45) is 6.12. The van der Waals surface area contributed by atoms with Crippen molar-refractivity contribution in [1.29, 1.82) is 0 Å². The number of amides is 1. The number of carboxylic acids is 1. The summed E-state index contributed by atoms with van der Waals surface area (Å²) in [5.74, 6) is 0.102. The number of nitrogens with zero attached hydrogens (tertiary/aromatic N) is 1. The molecule has 3 heterocycles. The molecular weight excluding hydrogens is 486 g/mol. The van der Waals surface area contributed by atoms with Crippen molar-refractivity contribution in [3.05, 3.63) is 35.4 Å². The predicted octanol–water partition coefficient (Wildman–Crippen LogP) is 6.14. The first-order valence-electron chi connectivity index (χ1n) is 13.7. The second-order valence-electron chi connectivity index (χ2n) is 12.6. The van der Waals surface area contributed by atoms with Crippen molar-refractivity contribution in [1.82, 2.24) is 4.90 Å². The Kier molecular flexibility index (Phi) is 8.03. The molecule has 0 aromatic heterocycles. The standard InChI is InChI=1S/C30H43NO7/c1-20(2)9-8-12-29(6)22-17-30(13-15-31(16-14-30)27(34)38-28(3,4)5)19-36-25(22)21-10-7-11-23(26(21)37-29)35-18-24(32)33/h7,9-11,22,25H,8,12-19H2,1-6H3,(H,32,33)/t22-,25+,29-/m0/s1. The fourth-order valence-corrected chi connectivity index (χ4v) is 6.01. The molecule has 0 bridgehead atoms. The Morgan fingerprint density at radius 3 is 2.55 bits per heavy atom. The van der Waals surface area contributed by atoms with Gasteiger partial charge < -0.3 is 29.0 Å². The molecule has 8 heteroatoms. The maximum absolute atomic E-state index is 12.7. The molecule has 3 aliphatic rings. The first kappa shape index (κ1) is 28.3.